The third-order valence-electron chi connectivity index (χ3n) is 2.28. The number of nitro groups is 1. The van der Waals surface area contributed by atoms with Crippen LogP contribution in [0.4, 0.5) is 11.4 Å². The van der Waals surface area contributed by atoms with Crippen LogP contribution in [-0.4, -0.2) is 23.1 Å². The summed E-state index contributed by atoms with van der Waals surface area (Å²) in [6.45, 7) is 4.64. The number of nitro benzene ring substituents is 1. The molecule has 8 heteroatoms. The van der Waals surface area contributed by atoms with Crippen LogP contribution in [0.3, 0.4) is 0 Å². The number of nitrogens with zero attached hydrogens (tertiary/aromatic N) is 1. The molecule has 0 radical (unpaired) electrons. The van der Waals surface area contributed by atoms with Crippen LogP contribution in [0, 0.1) is 10.1 Å². The lowest BCUT2D eigenvalue weighted by Gasteiger charge is -2.24. The molecule has 0 heterocycles. The number of carbonyl (C=O) groups excluding carboxylic acids is 1. The highest BCUT2D eigenvalue weighted by molar-refractivity contribution is 9.10. The smallest absolute Gasteiger partial charge is 0.303 e. The van der Waals surface area contributed by atoms with Gasteiger partial charge in [0.05, 0.1) is 4.92 Å². The van der Waals surface area contributed by atoms with E-state index >= 15 is 0 Å². The molecule has 0 aromatic heterocycles. The summed E-state index contributed by atoms with van der Waals surface area (Å²) in [4.78, 5) is 21.2. The molecule has 0 spiro atoms. The monoisotopic (exact) mass is 346 g/mol. The Balaban J connectivity index is 2.93. The van der Waals surface area contributed by atoms with Crippen LogP contribution in [0.5, 0.6) is 5.75 Å². The third kappa shape index (κ3) is 4.37. The largest absolute Gasteiger partial charge is 0.487 e. The molecule has 0 fully saturated rings. The summed E-state index contributed by atoms with van der Waals surface area (Å²) in [5.41, 5.74) is 4.50. The van der Waals surface area contributed by atoms with Gasteiger partial charge in [-0.3, -0.25) is 14.9 Å². The van der Waals surface area contributed by atoms with Crippen LogP contribution < -0.4 is 10.5 Å². The molecule has 0 aliphatic heterocycles. The summed E-state index contributed by atoms with van der Waals surface area (Å²) in [7, 11) is 0. The molecule has 1 aromatic rings. The van der Waals surface area contributed by atoms with Gasteiger partial charge in [-0.1, -0.05) is 15.9 Å². The molecule has 0 saturated heterocycles. The van der Waals surface area contributed by atoms with Gasteiger partial charge < -0.3 is 15.2 Å². The fourth-order valence-electron chi connectivity index (χ4n) is 1.52. The van der Waals surface area contributed by atoms with Crippen molar-refractivity contribution >= 4 is 33.3 Å². The van der Waals surface area contributed by atoms with Crippen molar-refractivity contribution in [2.75, 3.05) is 12.3 Å². The minimum atomic E-state index is -0.866. The average molecular weight is 347 g/mol. The molecule has 0 saturated carbocycles. The van der Waals surface area contributed by atoms with E-state index in [4.69, 9.17) is 15.2 Å². The molecule has 0 amide bonds. The van der Waals surface area contributed by atoms with Gasteiger partial charge in [-0.25, -0.2) is 0 Å². The van der Waals surface area contributed by atoms with E-state index in [-0.39, 0.29) is 23.7 Å². The molecule has 110 valence electrons. The molecule has 1 aromatic carbocycles. The number of hydrogen-bond acceptors (Lipinski definition) is 6. The average Bonchev–Trinajstić information content (AvgIpc) is 2.27. The predicted octanol–water partition coefficient (Wildman–Crippen LogP) is 2.66. The van der Waals surface area contributed by atoms with Crippen LogP contribution in [0.25, 0.3) is 0 Å². The fourth-order valence-corrected chi connectivity index (χ4v) is 1.94. The predicted molar refractivity (Wildman–Crippen MR) is 76.5 cm³/mol. The Bertz CT molecular complexity index is 545. The van der Waals surface area contributed by atoms with Gasteiger partial charge in [-0.15, -0.1) is 0 Å². The number of hydrogen-bond donors (Lipinski definition) is 1. The van der Waals surface area contributed by atoms with Crippen molar-refractivity contribution in [2.24, 2.45) is 0 Å². The summed E-state index contributed by atoms with van der Waals surface area (Å²) >= 11 is 3.15. The number of benzene rings is 1. The molecular formula is C12H15BrN2O5. The van der Waals surface area contributed by atoms with E-state index < -0.39 is 16.5 Å². The van der Waals surface area contributed by atoms with Gasteiger partial charge in [-0.2, -0.15) is 0 Å². The highest BCUT2D eigenvalue weighted by atomic mass is 79.9. The Labute approximate surface area is 124 Å². The van der Waals surface area contributed by atoms with Crippen LogP contribution in [0.15, 0.2) is 16.6 Å². The number of ether oxygens (including phenoxy) is 2. The molecular weight excluding hydrogens is 332 g/mol. The van der Waals surface area contributed by atoms with Gasteiger partial charge in [-0.05, 0) is 19.9 Å². The van der Waals surface area contributed by atoms with E-state index in [1.165, 1.54) is 19.1 Å². The SMILES string of the molecule is CC(=O)OC(C)(C)COc1cc(Br)cc([N+](=O)[O-])c1N. The Morgan fingerprint density at radius 3 is 2.60 bits per heavy atom. The Morgan fingerprint density at radius 2 is 2.10 bits per heavy atom. The summed E-state index contributed by atoms with van der Waals surface area (Å²) in [5, 5.41) is 10.9. The number of nitrogen functional groups attached to an aromatic ring is 1. The van der Waals surface area contributed by atoms with Crippen molar-refractivity contribution in [1.82, 2.24) is 0 Å². The minimum Gasteiger partial charge on any atom is -0.487 e. The van der Waals surface area contributed by atoms with Crippen molar-refractivity contribution in [3.05, 3.63) is 26.7 Å². The summed E-state index contributed by atoms with van der Waals surface area (Å²) in [6, 6.07) is 2.81. The molecule has 0 aliphatic rings. The van der Waals surface area contributed by atoms with Gasteiger partial charge in [0, 0.05) is 17.5 Å². The zero-order valence-corrected chi connectivity index (χ0v) is 12.9. The van der Waals surface area contributed by atoms with E-state index in [1.807, 2.05) is 0 Å². The van der Waals surface area contributed by atoms with E-state index in [1.54, 1.807) is 13.8 Å². The number of carbonyl (C=O) groups is 1. The lowest BCUT2D eigenvalue weighted by atomic mass is 10.1. The van der Waals surface area contributed by atoms with E-state index in [2.05, 4.69) is 15.9 Å². The standard InChI is InChI=1S/C12H15BrN2O5/c1-7(16)20-12(2,3)6-19-10-5-8(13)4-9(11(10)14)15(17)18/h4-5H,6,14H2,1-3H3. The Hall–Kier alpha value is -1.83. The first-order valence-corrected chi connectivity index (χ1v) is 6.47. The van der Waals surface area contributed by atoms with Gasteiger partial charge >= 0.3 is 5.97 Å². The van der Waals surface area contributed by atoms with Crippen molar-refractivity contribution in [1.29, 1.82) is 0 Å². The first-order valence-electron chi connectivity index (χ1n) is 5.68. The maximum absolute atomic E-state index is 10.9. The van der Waals surface area contributed by atoms with E-state index in [0.29, 0.717) is 4.47 Å². The molecule has 2 N–H and O–H groups in total. The van der Waals surface area contributed by atoms with Gasteiger partial charge in [0.1, 0.15) is 12.2 Å². The highest BCUT2D eigenvalue weighted by Gasteiger charge is 2.24. The topological polar surface area (TPSA) is 105 Å². The van der Waals surface area contributed by atoms with Crippen molar-refractivity contribution in [3.8, 4) is 5.75 Å². The van der Waals surface area contributed by atoms with Gasteiger partial charge in [0.25, 0.3) is 5.69 Å². The maximum Gasteiger partial charge on any atom is 0.303 e. The summed E-state index contributed by atoms with van der Waals surface area (Å²) < 4.78 is 11.0. The van der Waals surface area contributed by atoms with Crippen molar-refractivity contribution < 1.29 is 19.2 Å². The molecule has 20 heavy (non-hydrogen) atoms. The van der Waals surface area contributed by atoms with Gasteiger partial charge in [0.15, 0.2) is 11.4 Å². The second-order valence-corrected chi connectivity index (χ2v) is 5.65. The van der Waals surface area contributed by atoms with Crippen molar-refractivity contribution in [3.63, 3.8) is 0 Å². The molecule has 0 bridgehead atoms. The third-order valence-corrected chi connectivity index (χ3v) is 2.73. The fraction of sp³-hybridized carbons (Fsp3) is 0.417. The molecule has 0 unspecified atom stereocenters. The zero-order chi connectivity index (χ0) is 15.5. The van der Waals surface area contributed by atoms with Crippen molar-refractivity contribution in [2.45, 2.75) is 26.4 Å². The zero-order valence-electron chi connectivity index (χ0n) is 11.3. The second kappa shape index (κ2) is 6.08. The lowest BCUT2D eigenvalue weighted by molar-refractivity contribution is -0.384. The van der Waals surface area contributed by atoms with Gasteiger partial charge in [0.2, 0.25) is 0 Å². The van der Waals surface area contributed by atoms with Crippen LogP contribution >= 0.6 is 15.9 Å². The second-order valence-electron chi connectivity index (χ2n) is 4.74. The Morgan fingerprint density at radius 1 is 1.50 bits per heavy atom. The number of anilines is 1. The van der Waals surface area contributed by atoms with Crippen LogP contribution in [0.1, 0.15) is 20.8 Å². The van der Waals surface area contributed by atoms with Crippen LogP contribution in [0.2, 0.25) is 0 Å². The number of rotatable bonds is 5. The molecule has 1 rings (SSSR count). The summed E-state index contributed by atoms with van der Waals surface area (Å²) in [6.07, 6.45) is 0. The normalized spacial score (nSPS) is 11.0. The molecule has 0 aliphatic carbocycles. The Kier molecular flexibility index (Phi) is 4.93. The lowest BCUT2D eigenvalue weighted by Crippen LogP contribution is -2.34. The van der Waals surface area contributed by atoms with E-state index in [9.17, 15) is 14.9 Å². The number of halogens is 1. The first-order chi connectivity index (χ1) is 9.12. The summed E-state index contributed by atoms with van der Waals surface area (Å²) in [5.74, 6) is -0.280. The minimum absolute atomic E-state index is 0.0182. The molecule has 0 atom stereocenters. The quantitative estimate of drug-likeness (QED) is 0.380. The number of esters is 1. The van der Waals surface area contributed by atoms with E-state index in [0.717, 1.165) is 0 Å². The maximum atomic E-state index is 10.9. The number of nitrogens with two attached hydrogens (primary N) is 1. The van der Waals surface area contributed by atoms with Crippen LogP contribution in [-0.2, 0) is 9.53 Å². The first kappa shape index (κ1) is 16.2. The molecule has 7 nitrogen and oxygen atoms in total. The highest BCUT2D eigenvalue weighted by Crippen LogP contribution is 2.35.